The van der Waals surface area contributed by atoms with Crippen molar-refractivity contribution < 1.29 is 14.5 Å². The highest BCUT2D eigenvalue weighted by Crippen LogP contribution is 2.30. The minimum Gasteiger partial charge on any atom is -0.490 e. The van der Waals surface area contributed by atoms with E-state index >= 15 is 0 Å². The van der Waals surface area contributed by atoms with Crippen LogP contribution >= 0.6 is 0 Å². The predicted molar refractivity (Wildman–Crippen MR) is 91.5 cm³/mol. The molecule has 1 amide bonds. The number of nitro benzene ring substituents is 1. The van der Waals surface area contributed by atoms with Crippen molar-refractivity contribution in [1.82, 2.24) is 0 Å². The third kappa shape index (κ3) is 2.89. The number of fused-ring (bicyclic) bond motifs is 1. The summed E-state index contributed by atoms with van der Waals surface area (Å²) in [4.78, 5) is 23.1. The molecule has 0 unspecified atom stereocenters. The Kier molecular flexibility index (Phi) is 4.11. The lowest BCUT2D eigenvalue weighted by atomic mass is 10.0. The molecule has 0 radical (unpaired) electrons. The number of nitro groups is 1. The van der Waals surface area contributed by atoms with Crippen LogP contribution in [0, 0.1) is 10.1 Å². The molecule has 1 N–H and O–H groups in total. The minimum atomic E-state index is -0.549. The first-order chi connectivity index (χ1) is 11.6. The SMILES string of the molecule is COc1ccc(NC(=O)c2cccc3ccccc23)cc1[N+](=O)[O-]. The monoisotopic (exact) mass is 322 g/mol. The molecular formula is C18H14N2O4. The van der Waals surface area contributed by atoms with Gasteiger partial charge in [-0.05, 0) is 29.0 Å². The second-order valence-corrected chi connectivity index (χ2v) is 5.12. The molecule has 0 atom stereocenters. The lowest BCUT2D eigenvalue weighted by molar-refractivity contribution is -0.385. The molecule has 0 saturated heterocycles. The average molecular weight is 322 g/mol. The highest BCUT2D eigenvalue weighted by molar-refractivity contribution is 6.13. The predicted octanol–water partition coefficient (Wildman–Crippen LogP) is 4.01. The number of carbonyl (C=O) groups is 1. The van der Waals surface area contributed by atoms with Crippen molar-refractivity contribution in [3.63, 3.8) is 0 Å². The van der Waals surface area contributed by atoms with E-state index < -0.39 is 4.92 Å². The maximum absolute atomic E-state index is 12.6. The Morgan fingerprint density at radius 1 is 1.08 bits per heavy atom. The van der Waals surface area contributed by atoms with Gasteiger partial charge in [0.1, 0.15) is 0 Å². The zero-order valence-corrected chi connectivity index (χ0v) is 12.9. The number of amides is 1. The van der Waals surface area contributed by atoms with Gasteiger partial charge in [0.05, 0.1) is 12.0 Å². The van der Waals surface area contributed by atoms with Crippen LogP contribution in [0.5, 0.6) is 5.75 Å². The van der Waals surface area contributed by atoms with Gasteiger partial charge in [0.15, 0.2) is 5.75 Å². The second-order valence-electron chi connectivity index (χ2n) is 5.12. The lowest BCUT2D eigenvalue weighted by Gasteiger charge is -2.09. The van der Waals surface area contributed by atoms with Gasteiger partial charge in [-0.3, -0.25) is 14.9 Å². The minimum absolute atomic E-state index is 0.142. The average Bonchev–Trinajstić information content (AvgIpc) is 2.61. The molecule has 0 fully saturated rings. The fraction of sp³-hybridized carbons (Fsp3) is 0.0556. The van der Waals surface area contributed by atoms with Gasteiger partial charge in [0, 0.05) is 17.3 Å². The molecule has 3 aromatic rings. The van der Waals surface area contributed by atoms with Crippen molar-refractivity contribution in [2.24, 2.45) is 0 Å². The molecule has 0 aliphatic heterocycles. The molecule has 0 aliphatic carbocycles. The summed E-state index contributed by atoms with van der Waals surface area (Å²) in [7, 11) is 1.36. The third-order valence-corrected chi connectivity index (χ3v) is 3.67. The number of nitrogens with one attached hydrogen (secondary N) is 1. The summed E-state index contributed by atoms with van der Waals surface area (Å²) >= 11 is 0. The van der Waals surface area contributed by atoms with E-state index in [1.54, 1.807) is 18.2 Å². The van der Waals surface area contributed by atoms with Crippen LogP contribution in [0.15, 0.2) is 60.7 Å². The van der Waals surface area contributed by atoms with Crippen molar-refractivity contribution >= 4 is 28.1 Å². The first-order valence-corrected chi connectivity index (χ1v) is 7.21. The van der Waals surface area contributed by atoms with Gasteiger partial charge >= 0.3 is 5.69 Å². The van der Waals surface area contributed by atoms with Gasteiger partial charge in [-0.25, -0.2) is 0 Å². The number of nitrogens with zero attached hydrogens (tertiary/aromatic N) is 1. The van der Waals surface area contributed by atoms with Crippen LogP contribution in [-0.2, 0) is 0 Å². The van der Waals surface area contributed by atoms with Crippen LogP contribution in [0.3, 0.4) is 0 Å². The second kappa shape index (κ2) is 6.37. The molecule has 0 aliphatic rings. The molecular weight excluding hydrogens is 308 g/mol. The van der Waals surface area contributed by atoms with Crippen molar-refractivity contribution in [2.45, 2.75) is 0 Å². The van der Waals surface area contributed by atoms with E-state index in [0.29, 0.717) is 11.3 Å². The summed E-state index contributed by atoms with van der Waals surface area (Å²) in [6.45, 7) is 0. The van der Waals surface area contributed by atoms with Gasteiger partial charge in [0.2, 0.25) is 0 Å². The zero-order valence-electron chi connectivity index (χ0n) is 12.9. The Balaban J connectivity index is 1.95. The topological polar surface area (TPSA) is 81.5 Å². The Bertz CT molecular complexity index is 932. The van der Waals surface area contributed by atoms with E-state index in [4.69, 9.17) is 4.74 Å². The van der Waals surface area contributed by atoms with Gasteiger partial charge in [0.25, 0.3) is 5.91 Å². The van der Waals surface area contributed by atoms with Crippen LogP contribution in [0.4, 0.5) is 11.4 Å². The largest absolute Gasteiger partial charge is 0.490 e. The molecule has 0 saturated carbocycles. The van der Waals surface area contributed by atoms with Crippen LogP contribution in [0.1, 0.15) is 10.4 Å². The number of hydrogen-bond acceptors (Lipinski definition) is 4. The zero-order chi connectivity index (χ0) is 17.1. The number of rotatable bonds is 4. The molecule has 120 valence electrons. The first kappa shape index (κ1) is 15.5. The van der Waals surface area contributed by atoms with Crippen molar-refractivity contribution in [1.29, 1.82) is 0 Å². The van der Waals surface area contributed by atoms with Gasteiger partial charge < -0.3 is 10.1 Å². The van der Waals surface area contributed by atoms with E-state index in [1.807, 2.05) is 30.3 Å². The fourth-order valence-electron chi connectivity index (χ4n) is 2.53. The summed E-state index contributed by atoms with van der Waals surface area (Å²) in [6, 6.07) is 17.3. The normalized spacial score (nSPS) is 10.4. The standard InChI is InChI=1S/C18H14N2O4/c1-24-17-10-9-13(11-16(17)20(22)23)19-18(21)15-8-4-6-12-5-2-3-7-14(12)15/h2-11H,1H3,(H,19,21). The number of hydrogen-bond donors (Lipinski definition) is 1. The van der Waals surface area contributed by atoms with Crippen molar-refractivity contribution in [3.8, 4) is 5.75 Å². The fourth-order valence-corrected chi connectivity index (χ4v) is 2.53. The lowest BCUT2D eigenvalue weighted by Crippen LogP contribution is -2.12. The molecule has 24 heavy (non-hydrogen) atoms. The first-order valence-electron chi connectivity index (χ1n) is 7.21. The quantitative estimate of drug-likeness (QED) is 0.581. The highest BCUT2D eigenvalue weighted by atomic mass is 16.6. The number of methoxy groups -OCH3 is 1. The van der Waals surface area contributed by atoms with E-state index in [-0.39, 0.29) is 17.3 Å². The number of ether oxygens (including phenoxy) is 1. The Labute approximate surface area is 137 Å². The molecule has 6 nitrogen and oxygen atoms in total. The maximum Gasteiger partial charge on any atom is 0.312 e. The third-order valence-electron chi connectivity index (χ3n) is 3.67. The Morgan fingerprint density at radius 3 is 2.58 bits per heavy atom. The molecule has 0 spiro atoms. The summed E-state index contributed by atoms with van der Waals surface area (Å²) in [5, 5.41) is 15.5. The summed E-state index contributed by atoms with van der Waals surface area (Å²) in [6.07, 6.45) is 0. The maximum atomic E-state index is 12.6. The van der Waals surface area contributed by atoms with Crippen LogP contribution in [0.25, 0.3) is 10.8 Å². The molecule has 3 rings (SSSR count). The summed E-state index contributed by atoms with van der Waals surface area (Å²) in [5.41, 5.74) is 0.639. The van der Waals surface area contributed by atoms with Gasteiger partial charge in [-0.1, -0.05) is 36.4 Å². The van der Waals surface area contributed by atoms with Crippen molar-refractivity contribution in [2.75, 3.05) is 12.4 Å². The molecule has 0 aromatic heterocycles. The molecule has 0 heterocycles. The van der Waals surface area contributed by atoms with E-state index in [2.05, 4.69) is 5.32 Å². The van der Waals surface area contributed by atoms with E-state index in [0.717, 1.165) is 10.8 Å². The summed E-state index contributed by atoms with van der Waals surface area (Å²) in [5.74, 6) is -0.186. The Morgan fingerprint density at radius 2 is 1.83 bits per heavy atom. The van der Waals surface area contributed by atoms with Crippen LogP contribution < -0.4 is 10.1 Å². The molecule has 6 heteroatoms. The summed E-state index contributed by atoms with van der Waals surface area (Å²) < 4.78 is 4.95. The molecule has 3 aromatic carbocycles. The number of benzene rings is 3. The number of carbonyl (C=O) groups excluding carboxylic acids is 1. The van der Waals surface area contributed by atoms with Crippen LogP contribution in [0.2, 0.25) is 0 Å². The highest BCUT2D eigenvalue weighted by Gasteiger charge is 2.17. The van der Waals surface area contributed by atoms with Gasteiger partial charge in [-0.2, -0.15) is 0 Å². The van der Waals surface area contributed by atoms with Crippen LogP contribution in [-0.4, -0.2) is 17.9 Å². The van der Waals surface area contributed by atoms with E-state index in [1.165, 1.54) is 19.2 Å². The molecule has 0 bridgehead atoms. The van der Waals surface area contributed by atoms with Gasteiger partial charge in [-0.15, -0.1) is 0 Å². The Hall–Kier alpha value is -3.41. The van der Waals surface area contributed by atoms with E-state index in [9.17, 15) is 14.9 Å². The van der Waals surface area contributed by atoms with Crippen molar-refractivity contribution in [3.05, 3.63) is 76.3 Å². The smallest absolute Gasteiger partial charge is 0.312 e. The number of anilines is 1.